The quantitative estimate of drug-likeness (QED) is 0.538. The summed E-state index contributed by atoms with van der Waals surface area (Å²) in [7, 11) is 1.88. The zero-order chi connectivity index (χ0) is 20.7. The lowest BCUT2D eigenvalue weighted by Crippen LogP contribution is -2.48. The van der Waals surface area contributed by atoms with Gasteiger partial charge in [-0.1, -0.05) is 0 Å². The van der Waals surface area contributed by atoms with Gasteiger partial charge in [0.1, 0.15) is 11.5 Å². The summed E-state index contributed by atoms with van der Waals surface area (Å²) in [5, 5.41) is 14.3. The fourth-order valence-electron chi connectivity index (χ4n) is 3.71. The topological polar surface area (TPSA) is 116 Å². The van der Waals surface area contributed by atoms with Crippen LogP contribution in [0.25, 0.3) is 33.4 Å². The first-order valence-corrected chi connectivity index (χ1v) is 9.60. The number of H-pyrrole nitrogens is 1. The van der Waals surface area contributed by atoms with Crippen LogP contribution in [0.1, 0.15) is 0 Å². The number of aryl methyl sites for hydroxylation is 1. The van der Waals surface area contributed by atoms with Gasteiger partial charge in [0.15, 0.2) is 0 Å². The van der Waals surface area contributed by atoms with Crippen molar-refractivity contribution in [3.63, 3.8) is 0 Å². The van der Waals surface area contributed by atoms with Crippen molar-refractivity contribution in [2.75, 3.05) is 31.1 Å². The summed E-state index contributed by atoms with van der Waals surface area (Å²) in [6.07, 6.45) is 10.0. The van der Waals surface area contributed by atoms with E-state index >= 15 is 0 Å². The summed E-state index contributed by atoms with van der Waals surface area (Å²) in [4.78, 5) is 31.5. The van der Waals surface area contributed by atoms with E-state index < -0.39 is 6.09 Å². The first-order chi connectivity index (χ1) is 14.6. The lowest BCUT2D eigenvalue weighted by Gasteiger charge is -2.33. The molecule has 0 aromatic carbocycles. The van der Waals surface area contributed by atoms with Crippen LogP contribution >= 0.6 is 0 Å². The third-order valence-corrected chi connectivity index (χ3v) is 5.34. The first kappa shape index (κ1) is 18.1. The molecule has 30 heavy (non-hydrogen) atoms. The molecule has 0 aliphatic carbocycles. The fourth-order valence-corrected chi connectivity index (χ4v) is 3.71. The van der Waals surface area contributed by atoms with Gasteiger partial charge < -0.3 is 19.9 Å². The van der Waals surface area contributed by atoms with Crippen molar-refractivity contribution in [3.05, 3.63) is 43.2 Å². The summed E-state index contributed by atoms with van der Waals surface area (Å²) < 4.78 is 1.76. The lowest BCUT2D eigenvalue weighted by molar-refractivity contribution is 0.142. The van der Waals surface area contributed by atoms with Gasteiger partial charge in [0.05, 0.1) is 24.3 Å². The number of aromatic nitrogens is 6. The SMILES string of the molecule is Cn1cc(-c2cnc3[nH]cc(-c4cncc(N5CCN(C(=O)O)CC5)n4)c3c2)cn1. The van der Waals surface area contributed by atoms with Crippen LogP contribution < -0.4 is 4.90 Å². The molecule has 0 bridgehead atoms. The molecule has 2 N–H and O–H groups in total. The minimum Gasteiger partial charge on any atom is -0.465 e. The minimum absolute atomic E-state index is 0.451. The zero-order valence-electron chi connectivity index (χ0n) is 16.4. The Kier molecular flexibility index (Phi) is 4.31. The van der Waals surface area contributed by atoms with Crippen molar-refractivity contribution >= 4 is 22.9 Å². The van der Waals surface area contributed by atoms with Crippen LogP contribution in [-0.4, -0.2) is 72.0 Å². The predicted octanol–water partition coefficient (Wildman–Crippen LogP) is 2.22. The maximum Gasteiger partial charge on any atom is 0.407 e. The second-order valence-electron chi connectivity index (χ2n) is 7.24. The molecule has 1 fully saturated rings. The number of hydrogen-bond acceptors (Lipinski definition) is 6. The fraction of sp³-hybridized carbons (Fsp3) is 0.250. The molecule has 10 nitrogen and oxygen atoms in total. The molecule has 4 aromatic heterocycles. The summed E-state index contributed by atoms with van der Waals surface area (Å²) in [6, 6.07) is 2.07. The first-order valence-electron chi connectivity index (χ1n) is 9.60. The number of piperazine rings is 1. The molecular weight excluding hydrogens is 384 g/mol. The zero-order valence-corrected chi connectivity index (χ0v) is 16.4. The van der Waals surface area contributed by atoms with E-state index in [0.717, 1.165) is 39.2 Å². The highest BCUT2D eigenvalue weighted by atomic mass is 16.4. The highest BCUT2D eigenvalue weighted by Gasteiger charge is 2.22. The minimum atomic E-state index is -0.884. The van der Waals surface area contributed by atoms with Crippen molar-refractivity contribution in [3.8, 4) is 22.4 Å². The van der Waals surface area contributed by atoms with Crippen LogP contribution in [0.5, 0.6) is 0 Å². The van der Waals surface area contributed by atoms with Crippen LogP contribution in [0.2, 0.25) is 0 Å². The maximum atomic E-state index is 11.1. The standard InChI is InChI=1S/C20H20N8O2/c1-26-12-14(8-24-26)13-6-15-16(9-23-19(15)22-7-13)17-10-21-11-18(25-17)27-2-4-28(5-3-27)20(29)30/h6-12H,2-5H2,1H3,(H,22,23)(H,29,30). The largest absolute Gasteiger partial charge is 0.465 e. The number of aromatic amines is 1. The number of carboxylic acid groups (broad SMARTS) is 1. The van der Waals surface area contributed by atoms with Crippen LogP contribution in [-0.2, 0) is 7.05 Å². The van der Waals surface area contributed by atoms with Gasteiger partial charge in [0.2, 0.25) is 0 Å². The molecule has 4 aromatic rings. The van der Waals surface area contributed by atoms with Gasteiger partial charge in [0, 0.05) is 73.9 Å². The molecule has 10 heteroatoms. The Morgan fingerprint density at radius 2 is 1.93 bits per heavy atom. The van der Waals surface area contributed by atoms with Crippen LogP contribution in [0.15, 0.2) is 43.2 Å². The van der Waals surface area contributed by atoms with Gasteiger partial charge in [-0.3, -0.25) is 9.67 Å². The Labute approximate surface area is 171 Å². The van der Waals surface area contributed by atoms with Crippen LogP contribution in [0, 0.1) is 0 Å². The number of nitrogens with one attached hydrogen (secondary N) is 1. The van der Waals surface area contributed by atoms with Crippen molar-refractivity contribution in [1.29, 1.82) is 0 Å². The predicted molar refractivity (Wildman–Crippen MR) is 111 cm³/mol. The van der Waals surface area contributed by atoms with E-state index in [0.29, 0.717) is 26.2 Å². The van der Waals surface area contributed by atoms with E-state index in [1.54, 1.807) is 17.1 Å². The average molecular weight is 404 g/mol. The molecule has 5 rings (SSSR count). The molecular formula is C20H20N8O2. The van der Waals surface area contributed by atoms with Crippen LogP contribution in [0.3, 0.4) is 0 Å². The summed E-state index contributed by atoms with van der Waals surface area (Å²) in [6.45, 7) is 2.08. The number of rotatable bonds is 3. The maximum absolute atomic E-state index is 11.1. The van der Waals surface area contributed by atoms with E-state index in [4.69, 9.17) is 10.1 Å². The van der Waals surface area contributed by atoms with E-state index in [1.165, 1.54) is 4.90 Å². The Morgan fingerprint density at radius 1 is 1.10 bits per heavy atom. The molecule has 5 heterocycles. The normalized spacial score (nSPS) is 14.4. The van der Waals surface area contributed by atoms with Crippen molar-refractivity contribution in [2.24, 2.45) is 7.05 Å². The summed E-state index contributed by atoms with van der Waals surface area (Å²) in [5.74, 6) is 0.739. The molecule has 0 atom stereocenters. The Morgan fingerprint density at radius 3 is 2.67 bits per heavy atom. The third-order valence-electron chi connectivity index (χ3n) is 5.34. The average Bonchev–Trinajstić information content (AvgIpc) is 3.39. The smallest absolute Gasteiger partial charge is 0.407 e. The number of fused-ring (bicyclic) bond motifs is 1. The van der Waals surface area contributed by atoms with Crippen molar-refractivity contribution in [2.45, 2.75) is 0 Å². The summed E-state index contributed by atoms with van der Waals surface area (Å²) >= 11 is 0. The number of anilines is 1. The lowest BCUT2D eigenvalue weighted by atomic mass is 10.1. The van der Waals surface area contributed by atoms with Gasteiger partial charge >= 0.3 is 6.09 Å². The van der Waals surface area contributed by atoms with E-state index in [2.05, 4.69) is 31.0 Å². The molecule has 1 aliphatic rings. The van der Waals surface area contributed by atoms with Crippen molar-refractivity contribution in [1.82, 2.24) is 34.6 Å². The van der Waals surface area contributed by atoms with Gasteiger partial charge in [-0.25, -0.2) is 14.8 Å². The number of pyridine rings is 1. The van der Waals surface area contributed by atoms with E-state index in [-0.39, 0.29) is 0 Å². The monoisotopic (exact) mass is 404 g/mol. The van der Waals surface area contributed by atoms with Crippen molar-refractivity contribution < 1.29 is 9.90 Å². The highest BCUT2D eigenvalue weighted by Crippen LogP contribution is 2.30. The molecule has 152 valence electrons. The van der Waals surface area contributed by atoms with Gasteiger partial charge in [0.25, 0.3) is 0 Å². The molecule has 1 aliphatic heterocycles. The second kappa shape index (κ2) is 7.14. The molecule has 0 unspecified atom stereocenters. The number of amides is 1. The molecule has 0 radical (unpaired) electrons. The second-order valence-corrected chi connectivity index (χ2v) is 7.24. The van der Waals surface area contributed by atoms with Gasteiger partial charge in [-0.05, 0) is 6.07 Å². The number of nitrogens with zero attached hydrogens (tertiary/aromatic N) is 7. The van der Waals surface area contributed by atoms with Gasteiger partial charge in [-0.2, -0.15) is 5.10 Å². The Bertz CT molecular complexity index is 1220. The molecule has 0 saturated carbocycles. The van der Waals surface area contributed by atoms with E-state index in [9.17, 15) is 4.79 Å². The highest BCUT2D eigenvalue weighted by molar-refractivity contribution is 5.94. The number of hydrogen-bond donors (Lipinski definition) is 2. The Balaban J connectivity index is 1.47. The van der Waals surface area contributed by atoms with E-state index in [1.807, 2.05) is 31.8 Å². The molecule has 0 spiro atoms. The molecule has 1 saturated heterocycles. The third kappa shape index (κ3) is 3.21. The number of carbonyl (C=O) groups is 1. The van der Waals surface area contributed by atoms with Crippen LogP contribution in [0.4, 0.5) is 10.6 Å². The van der Waals surface area contributed by atoms with Gasteiger partial charge in [-0.15, -0.1) is 0 Å². The Hall–Kier alpha value is -3.95. The summed E-state index contributed by atoms with van der Waals surface area (Å²) in [5.41, 5.74) is 4.41. The molecule has 1 amide bonds.